The molecule has 3 heteroatoms. The summed E-state index contributed by atoms with van der Waals surface area (Å²) in [6.07, 6.45) is 3.78. The third kappa shape index (κ3) is 4.82. The van der Waals surface area contributed by atoms with Crippen molar-refractivity contribution in [1.29, 1.82) is 0 Å². The van der Waals surface area contributed by atoms with Crippen LogP contribution >= 0.6 is 0 Å². The third-order valence-electron chi connectivity index (χ3n) is 10.1. The van der Waals surface area contributed by atoms with Crippen molar-refractivity contribution in [2.75, 3.05) is 0 Å². The molecule has 0 N–H and O–H groups in total. The molecule has 0 bridgehead atoms. The number of pyridine rings is 1. The van der Waals surface area contributed by atoms with Crippen molar-refractivity contribution >= 4 is 43.4 Å². The summed E-state index contributed by atoms with van der Waals surface area (Å²) in [6.45, 7) is 0. The van der Waals surface area contributed by atoms with Gasteiger partial charge in [0.25, 0.3) is 0 Å². The van der Waals surface area contributed by atoms with E-state index >= 15 is 0 Å². The zero-order valence-electron chi connectivity index (χ0n) is 27.7. The van der Waals surface area contributed by atoms with E-state index in [1.807, 2.05) is 24.5 Å². The average molecular weight is 650 g/mol. The number of fused-ring (bicyclic) bond motifs is 4. The largest absolute Gasteiger partial charge is 0.292 e. The monoisotopic (exact) mass is 649 g/mol. The van der Waals surface area contributed by atoms with E-state index in [-0.39, 0.29) is 0 Å². The van der Waals surface area contributed by atoms with E-state index in [0.717, 1.165) is 39.2 Å². The molecule has 0 amide bonds. The molecule has 10 aromatic rings. The maximum absolute atomic E-state index is 5.08. The van der Waals surface area contributed by atoms with Crippen LogP contribution in [0, 0.1) is 0 Å². The predicted octanol–water partition coefficient (Wildman–Crippen LogP) is 12.5. The van der Waals surface area contributed by atoms with Crippen molar-refractivity contribution in [3.63, 3.8) is 0 Å². The van der Waals surface area contributed by atoms with Crippen molar-refractivity contribution in [3.8, 4) is 50.5 Å². The Hall–Kier alpha value is -6.84. The minimum atomic E-state index is 0.931. The molecule has 51 heavy (non-hydrogen) atoms. The number of rotatable bonds is 5. The molecule has 0 aliphatic heterocycles. The topological polar surface area (TPSA) is 30.7 Å². The molecule has 3 nitrogen and oxygen atoms in total. The molecule has 2 heterocycles. The lowest BCUT2D eigenvalue weighted by atomic mass is 9.84. The van der Waals surface area contributed by atoms with Gasteiger partial charge in [0.2, 0.25) is 0 Å². The first-order chi connectivity index (χ1) is 25.3. The van der Waals surface area contributed by atoms with E-state index in [4.69, 9.17) is 4.98 Å². The van der Waals surface area contributed by atoms with Crippen LogP contribution in [0.15, 0.2) is 188 Å². The van der Waals surface area contributed by atoms with Gasteiger partial charge < -0.3 is 0 Å². The number of aromatic nitrogens is 3. The van der Waals surface area contributed by atoms with Gasteiger partial charge in [-0.25, -0.2) is 4.98 Å². The number of imidazole rings is 1. The summed E-state index contributed by atoms with van der Waals surface area (Å²) in [6, 6.07) is 63.1. The standard InChI is InChI=1S/C48H31N3/c1-2-13-34(14-3-1)48-50-44-21-8-9-22-45(44)51(48)37-26-23-33(24-27-37)46-40-18-6-7-19-41(40)47(39-20-10-15-32-12-4-5-17-38(32)39)42-28-25-35(30-43(42)46)36-16-11-29-49-31-36/h1-31H. The predicted molar refractivity (Wildman–Crippen MR) is 213 cm³/mol. The SMILES string of the molecule is c1ccc(-c2nc3ccccc3n2-c2ccc(-c3c4ccccc4c(-c4cccc5ccccc45)c4ccc(-c5cccnc5)cc34)cc2)cc1. The first kappa shape index (κ1) is 29.1. The van der Waals surface area contributed by atoms with Crippen molar-refractivity contribution in [2.45, 2.75) is 0 Å². The zero-order valence-corrected chi connectivity index (χ0v) is 27.7. The highest BCUT2D eigenvalue weighted by molar-refractivity contribution is 6.24. The summed E-state index contributed by atoms with van der Waals surface area (Å²) >= 11 is 0. The molecule has 0 unspecified atom stereocenters. The Morgan fingerprint density at radius 2 is 1.08 bits per heavy atom. The Labute approximate surface area is 295 Å². The highest BCUT2D eigenvalue weighted by Gasteiger charge is 2.20. The zero-order chi connectivity index (χ0) is 33.7. The molecule has 0 atom stereocenters. The molecule has 10 rings (SSSR count). The van der Waals surface area contributed by atoms with Gasteiger partial charge in [0, 0.05) is 29.2 Å². The van der Waals surface area contributed by atoms with Crippen LogP contribution in [-0.2, 0) is 0 Å². The summed E-state index contributed by atoms with van der Waals surface area (Å²) in [5.74, 6) is 0.931. The van der Waals surface area contributed by atoms with Crippen LogP contribution in [0.3, 0.4) is 0 Å². The summed E-state index contributed by atoms with van der Waals surface area (Å²) in [4.78, 5) is 9.53. The van der Waals surface area contributed by atoms with E-state index in [1.165, 1.54) is 54.6 Å². The van der Waals surface area contributed by atoms with Gasteiger partial charge in [-0.1, -0.05) is 140 Å². The first-order valence-corrected chi connectivity index (χ1v) is 17.3. The maximum atomic E-state index is 5.08. The molecular formula is C48H31N3. The Bertz CT molecular complexity index is 2880. The minimum absolute atomic E-state index is 0.931. The van der Waals surface area contributed by atoms with Crippen LogP contribution in [0.4, 0.5) is 0 Å². The summed E-state index contributed by atoms with van der Waals surface area (Å²) < 4.78 is 2.27. The number of nitrogens with zero attached hydrogens (tertiary/aromatic N) is 3. The second kappa shape index (κ2) is 11.9. The van der Waals surface area contributed by atoms with Crippen LogP contribution in [0.5, 0.6) is 0 Å². The van der Waals surface area contributed by atoms with Crippen LogP contribution in [0.2, 0.25) is 0 Å². The van der Waals surface area contributed by atoms with E-state index in [1.54, 1.807) is 0 Å². The molecule has 0 aliphatic carbocycles. The first-order valence-electron chi connectivity index (χ1n) is 17.3. The molecule has 238 valence electrons. The Morgan fingerprint density at radius 1 is 0.412 bits per heavy atom. The molecule has 2 aromatic heterocycles. The fourth-order valence-electron chi connectivity index (χ4n) is 7.78. The minimum Gasteiger partial charge on any atom is -0.292 e. The normalized spacial score (nSPS) is 11.5. The molecule has 0 spiro atoms. The Kier molecular flexibility index (Phi) is 6.81. The lowest BCUT2D eigenvalue weighted by Gasteiger charge is -2.20. The van der Waals surface area contributed by atoms with Gasteiger partial charge in [0.05, 0.1) is 11.0 Å². The van der Waals surface area contributed by atoms with E-state index in [0.29, 0.717) is 0 Å². The van der Waals surface area contributed by atoms with Crippen LogP contribution in [0.25, 0.3) is 93.8 Å². The Morgan fingerprint density at radius 3 is 1.90 bits per heavy atom. The molecule has 0 aliphatic rings. The molecular weight excluding hydrogens is 619 g/mol. The van der Waals surface area contributed by atoms with Crippen molar-refractivity contribution in [1.82, 2.24) is 14.5 Å². The summed E-state index contributed by atoms with van der Waals surface area (Å²) in [5.41, 5.74) is 11.3. The van der Waals surface area contributed by atoms with Crippen molar-refractivity contribution in [3.05, 3.63) is 188 Å². The van der Waals surface area contributed by atoms with Crippen LogP contribution in [0.1, 0.15) is 0 Å². The quantitative estimate of drug-likeness (QED) is 0.174. The van der Waals surface area contributed by atoms with Crippen molar-refractivity contribution in [2.24, 2.45) is 0 Å². The van der Waals surface area contributed by atoms with Gasteiger partial charge in [-0.05, 0) is 96.5 Å². The van der Waals surface area contributed by atoms with Gasteiger partial charge in [-0.2, -0.15) is 0 Å². The highest BCUT2D eigenvalue weighted by atomic mass is 15.1. The molecule has 0 fully saturated rings. The fraction of sp³-hybridized carbons (Fsp3) is 0. The van der Waals surface area contributed by atoms with Gasteiger partial charge in [-0.15, -0.1) is 0 Å². The second-order valence-electron chi connectivity index (χ2n) is 13.0. The third-order valence-corrected chi connectivity index (χ3v) is 10.1. The number of hydrogen-bond donors (Lipinski definition) is 0. The van der Waals surface area contributed by atoms with Gasteiger partial charge >= 0.3 is 0 Å². The molecule has 8 aromatic carbocycles. The maximum Gasteiger partial charge on any atom is 0.145 e. The highest BCUT2D eigenvalue weighted by Crippen LogP contribution is 2.46. The average Bonchev–Trinajstić information content (AvgIpc) is 3.60. The smallest absolute Gasteiger partial charge is 0.145 e. The van der Waals surface area contributed by atoms with Crippen LogP contribution < -0.4 is 0 Å². The second-order valence-corrected chi connectivity index (χ2v) is 13.0. The van der Waals surface area contributed by atoms with E-state index in [2.05, 4.69) is 173 Å². The molecule has 0 saturated heterocycles. The molecule has 0 saturated carbocycles. The van der Waals surface area contributed by atoms with Crippen molar-refractivity contribution < 1.29 is 0 Å². The van der Waals surface area contributed by atoms with E-state index in [9.17, 15) is 0 Å². The number of hydrogen-bond acceptors (Lipinski definition) is 2. The lowest BCUT2D eigenvalue weighted by Crippen LogP contribution is -1.98. The van der Waals surface area contributed by atoms with E-state index < -0.39 is 0 Å². The number of para-hydroxylation sites is 2. The van der Waals surface area contributed by atoms with Gasteiger partial charge in [0.1, 0.15) is 5.82 Å². The fourth-order valence-corrected chi connectivity index (χ4v) is 7.78. The van der Waals surface area contributed by atoms with Crippen LogP contribution in [-0.4, -0.2) is 14.5 Å². The summed E-state index contributed by atoms with van der Waals surface area (Å²) in [7, 11) is 0. The van der Waals surface area contributed by atoms with Gasteiger partial charge in [0.15, 0.2) is 0 Å². The van der Waals surface area contributed by atoms with Gasteiger partial charge in [-0.3, -0.25) is 9.55 Å². The number of benzene rings is 8. The molecule has 0 radical (unpaired) electrons. The Balaban J connectivity index is 1.24. The lowest BCUT2D eigenvalue weighted by molar-refractivity contribution is 1.10. The summed E-state index contributed by atoms with van der Waals surface area (Å²) in [5, 5.41) is 7.39.